The summed E-state index contributed by atoms with van der Waals surface area (Å²) in [4.78, 5) is 32.4. The summed E-state index contributed by atoms with van der Waals surface area (Å²) >= 11 is 5.93. The first-order valence-corrected chi connectivity index (χ1v) is 9.89. The second-order valence-corrected chi connectivity index (χ2v) is 7.67. The number of likely N-dealkylation sites (N-methyl/N-ethyl adjacent to an activating group) is 1. The maximum Gasteiger partial charge on any atom is 0.245 e. The third kappa shape index (κ3) is 3.27. The van der Waals surface area contributed by atoms with E-state index in [1.54, 1.807) is 31.1 Å². The van der Waals surface area contributed by atoms with Crippen LogP contribution in [-0.2, 0) is 16.0 Å². The summed E-state index contributed by atoms with van der Waals surface area (Å²) in [5.41, 5.74) is 3.47. The first-order chi connectivity index (χ1) is 13.9. The zero-order valence-corrected chi connectivity index (χ0v) is 16.9. The molecule has 7 heteroatoms. The molecule has 0 saturated carbocycles. The van der Waals surface area contributed by atoms with Gasteiger partial charge in [-0.1, -0.05) is 30.3 Å². The van der Waals surface area contributed by atoms with Crippen molar-refractivity contribution < 1.29 is 14.0 Å². The quantitative estimate of drug-likeness (QED) is 0.668. The minimum Gasteiger partial charge on any atom is -0.356 e. The van der Waals surface area contributed by atoms with Crippen molar-refractivity contribution >= 4 is 34.3 Å². The molecule has 3 aromatic rings. The van der Waals surface area contributed by atoms with Crippen molar-refractivity contribution in [2.75, 3.05) is 20.0 Å². The predicted octanol–water partition coefficient (Wildman–Crippen LogP) is 3.48. The van der Waals surface area contributed by atoms with E-state index in [1.807, 2.05) is 24.3 Å². The predicted molar refractivity (Wildman–Crippen MR) is 110 cm³/mol. The Kier molecular flexibility index (Phi) is 5.04. The highest BCUT2D eigenvalue weighted by atomic mass is 35.5. The minimum absolute atomic E-state index is 0.175. The van der Waals surface area contributed by atoms with Crippen molar-refractivity contribution in [3.63, 3.8) is 0 Å². The van der Waals surface area contributed by atoms with Gasteiger partial charge in [-0.2, -0.15) is 0 Å². The van der Waals surface area contributed by atoms with Crippen LogP contribution in [0.15, 0.2) is 48.5 Å². The number of para-hydroxylation sites is 1. The van der Waals surface area contributed by atoms with E-state index in [-0.39, 0.29) is 23.5 Å². The summed E-state index contributed by atoms with van der Waals surface area (Å²) in [6.07, 6.45) is 0.386. The van der Waals surface area contributed by atoms with Crippen LogP contribution < -0.4 is 0 Å². The van der Waals surface area contributed by atoms with Crippen LogP contribution in [0.5, 0.6) is 0 Å². The molecule has 0 aliphatic carbocycles. The average molecular weight is 414 g/mol. The van der Waals surface area contributed by atoms with Crippen molar-refractivity contribution in [2.45, 2.75) is 18.5 Å². The Morgan fingerprint density at radius 3 is 2.52 bits per heavy atom. The van der Waals surface area contributed by atoms with Crippen molar-refractivity contribution in [3.05, 3.63) is 71.2 Å². The van der Waals surface area contributed by atoms with E-state index in [0.29, 0.717) is 12.0 Å². The monoisotopic (exact) mass is 413 g/mol. The van der Waals surface area contributed by atoms with Gasteiger partial charge < -0.3 is 14.8 Å². The molecule has 2 heterocycles. The number of amides is 2. The molecule has 0 spiro atoms. The fourth-order valence-electron chi connectivity index (χ4n) is 4.15. The molecule has 150 valence electrons. The van der Waals surface area contributed by atoms with Crippen LogP contribution in [0.1, 0.15) is 22.9 Å². The molecule has 1 aliphatic rings. The maximum atomic E-state index is 13.6. The Balaban J connectivity index is 1.98. The molecule has 2 amide bonds. The summed E-state index contributed by atoms with van der Waals surface area (Å²) < 4.78 is 13.6. The lowest BCUT2D eigenvalue weighted by Crippen LogP contribution is -2.54. The third-order valence-corrected chi connectivity index (χ3v) is 5.67. The molecule has 0 fully saturated rings. The lowest BCUT2D eigenvalue weighted by molar-refractivity contribution is -0.145. The van der Waals surface area contributed by atoms with E-state index in [1.165, 1.54) is 17.0 Å². The number of hydrogen-bond acceptors (Lipinski definition) is 2. The van der Waals surface area contributed by atoms with E-state index in [4.69, 9.17) is 11.6 Å². The second-order valence-electron chi connectivity index (χ2n) is 7.40. The Labute approximate surface area is 173 Å². The van der Waals surface area contributed by atoms with Crippen LogP contribution in [0.3, 0.4) is 0 Å². The lowest BCUT2D eigenvalue weighted by Gasteiger charge is -2.42. The van der Waals surface area contributed by atoms with E-state index in [9.17, 15) is 14.0 Å². The molecule has 1 aliphatic heterocycles. The molecule has 0 saturated heterocycles. The maximum absolute atomic E-state index is 13.6. The topological polar surface area (TPSA) is 56.4 Å². The summed E-state index contributed by atoms with van der Waals surface area (Å²) in [5.74, 6) is -1.13. The number of halogens is 2. The van der Waals surface area contributed by atoms with Crippen LogP contribution in [-0.4, -0.2) is 52.6 Å². The van der Waals surface area contributed by atoms with Gasteiger partial charge in [0.2, 0.25) is 11.8 Å². The Bertz CT molecular complexity index is 1080. The highest BCUT2D eigenvalue weighted by Gasteiger charge is 2.43. The largest absolute Gasteiger partial charge is 0.356 e. The Hall–Kier alpha value is -2.86. The Morgan fingerprint density at radius 1 is 1.17 bits per heavy atom. The highest BCUT2D eigenvalue weighted by molar-refractivity contribution is 6.27. The van der Waals surface area contributed by atoms with Gasteiger partial charge in [-0.15, -0.1) is 11.6 Å². The van der Waals surface area contributed by atoms with Gasteiger partial charge >= 0.3 is 0 Å². The smallest absolute Gasteiger partial charge is 0.245 e. The molecule has 2 atom stereocenters. The molecular formula is C22H21ClFN3O2. The number of carbonyl (C=O) groups excluding carboxylic acids is 2. The number of aromatic nitrogens is 1. The molecule has 1 N–H and O–H groups in total. The van der Waals surface area contributed by atoms with Crippen LogP contribution in [0.25, 0.3) is 10.9 Å². The standard InChI is InChI=1S/C22H21ClFN3O2/c1-26(2)22(29)18-11-16-15-5-3-4-6-17(15)25-20(16)21(27(18)19(28)12-23)13-7-9-14(24)10-8-13/h3-10,18,21,25H,11-12H2,1-2H3/t18-,21?/m1/s1. The van der Waals surface area contributed by atoms with E-state index >= 15 is 0 Å². The summed E-state index contributed by atoms with van der Waals surface area (Å²) in [6, 6.07) is 12.6. The molecule has 0 bridgehead atoms. The minimum atomic E-state index is -0.696. The fourth-order valence-corrected chi connectivity index (χ4v) is 4.29. The molecule has 0 radical (unpaired) electrons. The average Bonchev–Trinajstić information content (AvgIpc) is 3.10. The summed E-state index contributed by atoms with van der Waals surface area (Å²) in [5, 5.41) is 1.02. The highest BCUT2D eigenvalue weighted by Crippen LogP contribution is 2.41. The third-order valence-electron chi connectivity index (χ3n) is 5.45. The zero-order chi connectivity index (χ0) is 20.7. The molecule has 1 unspecified atom stereocenters. The van der Waals surface area contributed by atoms with Crippen molar-refractivity contribution in [1.29, 1.82) is 0 Å². The number of alkyl halides is 1. The molecular weight excluding hydrogens is 393 g/mol. The number of fused-ring (bicyclic) bond motifs is 3. The van der Waals surface area contributed by atoms with E-state index in [0.717, 1.165) is 22.2 Å². The fraction of sp³-hybridized carbons (Fsp3) is 0.273. The van der Waals surface area contributed by atoms with Gasteiger partial charge in [0.05, 0.1) is 6.04 Å². The van der Waals surface area contributed by atoms with Crippen LogP contribution >= 0.6 is 11.6 Å². The number of carbonyl (C=O) groups is 2. The number of rotatable bonds is 3. The van der Waals surface area contributed by atoms with Crippen molar-refractivity contribution in [3.8, 4) is 0 Å². The molecule has 29 heavy (non-hydrogen) atoms. The summed E-state index contributed by atoms with van der Waals surface area (Å²) in [7, 11) is 3.34. The van der Waals surface area contributed by atoms with Gasteiger partial charge in [0.15, 0.2) is 0 Å². The number of H-pyrrole nitrogens is 1. The van der Waals surface area contributed by atoms with Crippen molar-refractivity contribution in [2.24, 2.45) is 0 Å². The molecule has 5 nitrogen and oxygen atoms in total. The van der Waals surface area contributed by atoms with Crippen LogP contribution in [0.4, 0.5) is 4.39 Å². The van der Waals surface area contributed by atoms with Gasteiger partial charge in [-0.3, -0.25) is 9.59 Å². The van der Waals surface area contributed by atoms with Crippen LogP contribution in [0, 0.1) is 5.82 Å². The van der Waals surface area contributed by atoms with E-state index in [2.05, 4.69) is 4.98 Å². The Morgan fingerprint density at radius 2 is 1.86 bits per heavy atom. The molecule has 2 aromatic carbocycles. The lowest BCUT2D eigenvalue weighted by atomic mass is 9.87. The normalized spacial score (nSPS) is 18.6. The number of nitrogens with zero attached hydrogens (tertiary/aromatic N) is 2. The van der Waals surface area contributed by atoms with Crippen molar-refractivity contribution in [1.82, 2.24) is 14.8 Å². The van der Waals surface area contributed by atoms with Gasteiger partial charge in [0, 0.05) is 37.1 Å². The van der Waals surface area contributed by atoms with Gasteiger partial charge in [-0.25, -0.2) is 4.39 Å². The second kappa shape index (κ2) is 7.52. The first kappa shape index (κ1) is 19.5. The van der Waals surface area contributed by atoms with E-state index < -0.39 is 12.1 Å². The first-order valence-electron chi connectivity index (χ1n) is 9.35. The number of aromatic amines is 1. The zero-order valence-electron chi connectivity index (χ0n) is 16.2. The van der Waals surface area contributed by atoms with Gasteiger partial charge in [0.25, 0.3) is 0 Å². The number of nitrogens with one attached hydrogen (secondary N) is 1. The van der Waals surface area contributed by atoms with Gasteiger partial charge in [-0.05, 0) is 29.3 Å². The number of hydrogen-bond donors (Lipinski definition) is 1. The summed E-state index contributed by atoms with van der Waals surface area (Å²) in [6.45, 7) is 0. The van der Waals surface area contributed by atoms with Gasteiger partial charge in [0.1, 0.15) is 17.7 Å². The molecule has 1 aromatic heterocycles. The van der Waals surface area contributed by atoms with Crippen LogP contribution in [0.2, 0.25) is 0 Å². The SMILES string of the molecule is CN(C)C(=O)[C@H]1Cc2c([nH]c3ccccc23)C(c2ccc(F)cc2)N1C(=O)CCl. The molecule has 4 rings (SSSR count). The number of benzene rings is 2.